The summed E-state index contributed by atoms with van der Waals surface area (Å²) in [5.41, 5.74) is 3.04. The second-order valence-corrected chi connectivity index (χ2v) is 6.41. The van der Waals surface area contributed by atoms with Crippen LogP contribution in [0, 0.1) is 0 Å². The molecule has 0 saturated carbocycles. The van der Waals surface area contributed by atoms with Crippen molar-refractivity contribution in [2.45, 2.75) is 11.9 Å². The monoisotopic (exact) mass is 336 g/mol. The Bertz CT molecular complexity index is 1060. The first-order chi connectivity index (χ1) is 11.8. The maximum atomic E-state index is 11.7. The van der Waals surface area contributed by atoms with Crippen molar-refractivity contribution in [3.05, 3.63) is 48.5 Å². The minimum atomic E-state index is -0.215. The summed E-state index contributed by atoms with van der Waals surface area (Å²) < 4.78 is 5.02. The number of nitrogens with one attached hydrogen (secondary N) is 1. The second-order valence-electron chi connectivity index (χ2n) is 5.45. The Hall–Kier alpha value is -2.53. The number of nitrogens with zero attached hydrogens (tertiary/aromatic N) is 1. The fourth-order valence-electron chi connectivity index (χ4n) is 2.93. The Balaban J connectivity index is 1.90. The first kappa shape index (κ1) is 15.0. The van der Waals surface area contributed by atoms with Gasteiger partial charge in [-0.3, -0.25) is 4.79 Å². The van der Waals surface area contributed by atoms with E-state index in [-0.39, 0.29) is 11.7 Å². The summed E-state index contributed by atoms with van der Waals surface area (Å²) in [6, 6.07) is 16.3. The summed E-state index contributed by atoms with van der Waals surface area (Å²) in [6.45, 7) is 2.21. The highest BCUT2D eigenvalue weighted by atomic mass is 32.2. The van der Waals surface area contributed by atoms with Crippen LogP contribution >= 0.6 is 11.8 Å². The van der Waals surface area contributed by atoms with E-state index in [0.717, 1.165) is 37.7 Å². The average molecular weight is 336 g/mol. The molecule has 4 nitrogen and oxygen atoms in total. The van der Waals surface area contributed by atoms with Crippen LogP contribution in [0.15, 0.2) is 53.6 Å². The summed E-state index contributed by atoms with van der Waals surface area (Å²) in [7, 11) is 0. The average Bonchev–Trinajstić information content (AvgIpc) is 2.99. The molecule has 0 radical (unpaired) electrons. The van der Waals surface area contributed by atoms with Crippen LogP contribution in [0.5, 0.6) is 0 Å². The van der Waals surface area contributed by atoms with Crippen molar-refractivity contribution in [1.82, 2.24) is 9.97 Å². The number of thioether (sulfide) groups is 1. The number of hydrogen-bond donors (Lipinski definition) is 1. The molecule has 0 aliphatic rings. The topological polar surface area (TPSA) is 55.0 Å². The largest absolute Gasteiger partial charge is 0.465 e. The molecule has 0 spiro atoms. The van der Waals surface area contributed by atoms with Gasteiger partial charge in [0.1, 0.15) is 5.03 Å². The molecule has 0 saturated heterocycles. The molecule has 4 aromatic rings. The van der Waals surface area contributed by atoms with Crippen LogP contribution in [0.2, 0.25) is 0 Å². The third-order valence-corrected chi connectivity index (χ3v) is 4.92. The fourth-order valence-corrected chi connectivity index (χ4v) is 3.75. The number of para-hydroxylation sites is 1. The Kier molecular flexibility index (Phi) is 3.86. The molecule has 4 rings (SSSR count). The van der Waals surface area contributed by atoms with Gasteiger partial charge < -0.3 is 9.72 Å². The molecule has 0 bridgehead atoms. The summed E-state index contributed by atoms with van der Waals surface area (Å²) in [5, 5.41) is 4.11. The van der Waals surface area contributed by atoms with E-state index in [4.69, 9.17) is 9.72 Å². The lowest BCUT2D eigenvalue weighted by Gasteiger charge is -2.07. The van der Waals surface area contributed by atoms with E-state index < -0.39 is 0 Å². The van der Waals surface area contributed by atoms with E-state index >= 15 is 0 Å². The van der Waals surface area contributed by atoms with E-state index in [2.05, 4.69) is 23.2 Å². The SMILES string of the molecule is CCOC(=O)CSc1nc2c3ccccc3[nH]c2c2ccccc12. The number of benzene rings is 2. The third-order valence-electron chi connectivity index (χ3n) is 3.95. The van der Waals surface area contributed by atoms with Crippen LogP contribution < -0.4 is 0 Å². The highest BCUT2D eigenvalue weighted by Crippen LogP contribution is 2.34. The zero-order valence-corrected chi connectivity index (χ0v) is 14.0. The number of aromatic amines is 1. The molecule has 120 valence electrons. The van der Waals surface area contributed by atoms with Gasteiger partial charge in [0, 0.05) is 21.7 Å². The minimum absolute atomic E-state index is 0.215. The molecule has 2 heterocycles. The summed E-state index contributed by atoms with van der Waals surface area (Å²) >= 11 is 1.43. The first-order valence-electron chi connectivity index (χ1n) is 7.85. The molecule has 0 atom stereocenters. The van der Waals surface area contributed by atoms with Crippen molar-refractivity contribution in [2.24, 2.45) is 0 Å². The number of rotatable bonds is 4. The molecule has 2 aromatic carbocycles. The summed E-state index contributed by atoms with van der Waals surface area (Å²) in [4.78, 5) is 20.0. The molecular weight excluding hydrogens is 320 g/mol. The highest BCUT2D eigenvalue weighted by Gasteiger charge is 2.14. The molecule has 1 N–H and O–H groups in total. The van der Waals surface area contributed by atoms with E-state index in [1.54, 1.807) is 0 Å². The number of H-pyrrole nitrogens is 1. The summed E-state index contributed by atoms with van der Waals surface area (Å²) in [5.74, 6) is 0.0472. The Morgan fingerprint density at radius 3 is 2.58 bits per heavy atom. The standard InChI is InChI=1S/C19H16N2O2S/c1-2-23-16(22)11-24-19-13-8-4-3-7-12(13)17-18(21-19)14-9-5-6-10-15(14)20-17/h3-10,20H,2,11H2,1H3. The number of hydrogen-bond acceptors (Lipinski definition) is 4. The normalized spacial score (nSPS) is 11.4. The van der Waals surface area contributed by atoms with Crippen molar-refractivity contribution in [3.63, 3.8) is 0 Å². The van der Waals surface area contributed by atoms with Crippen LogP contribution in [0.4, 0.5) is 0 Å². The van der Waals surface area contributed by atoms with Crippen molar-refractivity contribution >= 4 is 50.4 Å². The number of pyridine rings is 1. The molecule has 2 aromatic heterocycles. The van der Waals surface area contributed by atoms with Crippen molar-refractivity contribution in [2.75, 3.05) is 12.4 Å². The van der Waals surface area contributed by atoms with Gasteiger partial charge in [-0.25, -0.2) is 4.98 Å². The van der Waals surface area contributed by atoms with E-state index in [1.165, 1.54) is 11.8 Å². The fraction of sp³-hybridized carbons (Fsp3) is 0.158. The Morgan fingerprint density at radius 1 is 1.08 bits per heavy atom. The first-order valence-corrected chi connectivity index (χ1v) is 8.84. The van der Waals surface area contributed by atoms with Gasteiger partial charge in [0.2, 0.25) is 0 Å². The molecule has 0 aliphatic heterocycles. The smallest absolute Gasteiger partial charge is 0.316 e. The minimum Gasteiger partial charge on any atom is -0.465 e. The van der Waals surface area contributed by atoms with Gasteiger partial charge in [0.15, 0.2) is 0 Å². The lowest BCUT2D eigenvalue weighted by Crippen LogP contribution is -2.06. The van der Waals surface area contributed by atoms with Gasteiger partial charge in [-0.05, 0) is 13.0 Å². The molecule has 0 unspecified atom stereocenters. The van der Waals surface area contributed by atoms with Gasteiger partial charge in [0.25, 0.3) is 0 Å². The Morgan fingerprint density at radius 2 is 1.79 bits per heavy atom. The van der Waals surface area contributed by atoms with Crippen molar-refractivity contribution < 1.29 is 9.53 Å². The number of fused-ring (bicyclic) bond motifs is 5. The van der Waals surface area contributed by atoms with Gasteiger partial charge in [-0.1, -0.05) is 54.2 Å². The van der Waals surface area contributed by atoms with Crippen LogP contribution in [0.25, 0.3) is 32.7 Å². The number of ether oxygens (including phenoxy) is 1. The number of esters is 1. The molecule has 5 heteroatoms. The predicted molar refractivity (Wildman–Crippen MR) is 98.5 cm³/mol. The second kappa shape index (κ2) is 6.17. The number of aromatic nitrogens is 2. The summed E-state index contributed by atoms with van der Waals surface area (Å²) in [6.07, 6.45) is 0. The maximum Gasteiger partial charge on any atom is 0.316 e. The molecule has 24 heavy (non-hydrogen) atoms. The molecule has 0 amide bonds. The molecular formula is C19H16N2O2S. The van der Waals surface area contributed by atoms with E-state index in [0.29, 0.717) is 6.61 Å². The quantitative estimate of drug-likeness (QED) is 0.439. The van der Waals surface area contributed by atoms with E-state index in [9.17, 15) is 4.79 Å². The lowest BCUT2D eigenvalue weighted by atomic mass is 10.1. The van der Waals surface area contributed by atoms with Crippen molar-refractivity contribution in [3.8, 4) is 0 Å². The van der Waals surface area contributed by atoms with Crippen molar-refractivity contribution in [1.29, 1.82) is 0 Å². The maximum absolute atomic E-state index is 11.7. The zero-order chi connectivity index (χ0) is 16.5. The zero-order valence-electron chi connectivity index (χ0n) is 13.2. The number of carbonyl (C=O) groups is 1. The lowest BCUT2D eigenvalue weighted by molar-refractivity contribution is -0.139. The molecule has 0 fully saturated rings. The van der Waals surface area contributed by atoms with Gasteiger partial charge in [0.05, 0.1) is 23.4 Å². The highest BCUT2D eigenvalue weighted by molar-refractivity contribution is 8.00. The van der Waals surface area contributed by atoms with Crippen LogP contribution in [0.1, 0.15) is 6.92 Å². The van der Waals surface area contributed by atoms with Crippen LogP contribution in [-0.4, -0.2) is 28.3 Å². The van der Waals surface area contributed by atoms with Gasteiger partial charge in [-0.15, -0.1) is 0 Å². The van der Waals surface area contributed by atoms with E-state index in [1.807, 2.05) is 37.3 Å². The Labute approximate surface area is 143 Å². The van der Waals surface area contributed by atoms with Crippen LogP contribution in [-0.2, 0) is 9.53 Å². The van der Waals surface area contributed by atoms with Crippen LogP contribution in [0.3, 0.4) is 0 Å². The third kappa shape index (κ3) is 2.51. The predicted octanol–water partition coefficient (Wildman–Crippen LogP) is 4.52. The number of carbonyl (C=O) groups excluding carboxylic acids is 1. The van der Waals surface area contributed by atoms with Gasteiger partial charge in [-0.2, -0.15) is 0 Å². The van der Waals surface area contributed by atoms with Gasteiger partial charge >= 0.3 is 5.97 Å². The molecule has 0 aliphatic carbocycles.